The summed E-state index contributed by atoms with van der Waals surface area (Å²) in [7, 11) is 0. The van der Waals surface area contributed by atoms with Crippen molar-refractivity contribution in [1.29, 1.82) is 0 Å². The number of aliphatic carboxylic acids is 1. The summed E-state index contributed by atoms with van der Waals surface area (Å²) in [6, 6.07) is 35.4. The van der Waals surface area contributed by atoms with E-state index in [0.29, 0.717) is 30.9 Å². The summed E-state index contributed by atoms with van der Waals surface area (Å²) in [6.07, 6.45) is 1.42. The highest BCUT2D eigenvalue weighted by Crippen LogP contribution is 2.47. The number of hydrogen-bond acceptors (Lipinski definition) is 7. The molecule has 1 amide bonds. The van der Waals surface area contributed by atoms with Gasteiger partial charge in [0, 0.05) is 17.8 Å². The number of aromatic amines is 1. The molecule has 2 heterocycles. The summed E-state index contributed by atoms with van der Waals surface area (Å²) in [5.41, 5.74) is 10.6. The number of rotatable bonds is 11. The first-order valence-corrected chi connectivity index (χ1v) is 16.3. The van der Waals surface area contributed by atoms with Crippen molar-refractivity contribution in [3.63, 3.8) is 0 Å². The topological polar surface area (TPSA) is 141 Å². The van der Waals surface area contributed by atoms with E-state index in [2.05, 4.69) is 44.3 Å². The van der Waals surface area contributed by atoms with Gasteiger partial charge >= 0.3 is 5.97 Å². The Morgan fingerprint density at radius 2 is 1.49 bits per heavy atom. The number of aromatic nitrogens is 4. The molecular weight excluding hydrogens is 614 g/mol. The third-order valence-corrected chi connectivity index (χ3v) is 8.85. The number of H-pyrrole nitrogens is 1. The maximum absolute atomic E-state index is 13.3. The lowest BCUT2D eigenvalue weighted by molar-refractivity contribution is -0.134. The molecular formula is C39H37N7O3. The van der Waals surface area contributed by atoms with Gasteiger partial charge in [-0.3, -0.25) is 4.79 Å². The predicted molar refractivity (Wildman–Crippen MR) is 187 cm³/mol. The number of allylic oxidation sites excluding steroid dienone is 1. The minimum Gasteiger partial charge on any atom is -0.477 e. The van der Waals surface area contributed by atoms with E-state index in [9.17, 15) is 14.7 Å². The quantitative estimate of drug-likeness (QED) is 0.150. The molecule has 0 saturated heterocycles. The second kappa shape index (κ2) is 14.3. The van der Waals surface area contributed by atoms with Gasteiger partial charge in [0.2, 0.25) is 0 Å². The van der Waals surface area contributed by atoms with Crippen molar-refractivity contribution in [2.45, 2.75) is 51.4 Å². The molecule has 0 saturated carbocycles. The number of nitrogens with zero attached hydrogens (tertiary/aromatic N) is 5. The third-order valence-electron chi connectivity index (χ3n) is 8.85. The van der Waals surface area contributed by atoms with Crippen LogP contribution in [0.2, 0.25) is 0 Å². The van der Waals surface area contributed by atoms with Crippen LogP contribution in [0, 0.1) is 11.8 Å². The van der Waals surface area contributed by atoms with Crippen LogP contribution < -0.4 is 5.73 Å². The number of hydrogen-bond donors (Lipinski definition) is 3. The molecule has 1 atom stereocenters. The third kappa shape index (κ3) is 6.26. The van der Waals surface area contributed by atoms with Gasteiger partial charge in [0.05, 0.1) is 0 Å². The molecule has 4 aromatic carbocycles. The smallest absolute Gasteiger partial charge is 0.354 e. The molecule has 5 aromatic rings. The van der Waals surface area contributed by atoms with Crippen molar-refractivity contribution < 1.29 is 14.7 Å². The highest BCUT2D eigenvalue weighted by molar-refractivity contribution is 5.92. The van der Waals surface area contributed by atoms with Crippen molar-refractivity contribution in [2.75, 3.05) is 0 Å². The Kier molecular flexibility index (Phi) is 9.53. The molecule has 10 heteroatoms. The normalized spacial score (nSPS) is 14.4. The summed E-state index contributed by atoms with van der Waals surface area (Å²) in [4.78, 5) is 29.6. The number of carboxylic acid groups (broad SMARTS) is 1. The minimum absolute atomic E-state index is 0.213. The van der Waals surface area contributed by atoms with E-state index in [1.807, 2.05) is 121 Å². The molecule has 49 heavy (non-hydrogen) atoms. The van der Waals surface area contributed by atoms with E-state index in [1.165, 1.54) is 0 Å². The lowest BCUT2D eigenvalue weighted by atomic mass is 9.80. The highest BCUT2D eigenvalue weighted by atomic mass is 16.4. The summed E-state index contributed by atoms with van der Waals surface area (Å²) < 4.78 is 0. The average Bonchev–Trinajstić information content (AvgIpc) is 3.77. The van der Waals surface area contributed by atoms with Crippen LogP contribution in [0.1, 0.15) is 49.8 Å². The summed E-state index contributed by atoms with van der Waals surface area (Å²) in [6.45, 7) is 4.37. The van der Waals surface area contributed by atoms with Crippen LogP contribution in [-0.2, 0) is 21.7 Å². The first-order valence-electron chi connectivity index (χ1n) is 16.3. The molecule has 10 nitrogen and oxygen atoms in total. The lowest BCUT2D eigenvalue weighted by Crippen LogP contribution is -2.52. The Balaban J connectivity index is 1.48. The largest absolute Gasteiger partial charge is 0.477 e. The zero-order valence-electron chi connectivity index (χ0n) is 27.4. The molecule has 1 unspecified atom stereocenters. The van der Waals surface area contributed by atoms with Crippen molar-refractivity contribution >= 4 is 11.9 Å². The fourth-order valence-corrected chi connectivity index (χ4v) is 6.85. The van der Waals surface area contributed by atoms with Crippen LogP contribution in [0.3, 0.4) is 0 Å². The van der Waals surface area contributed by atoms with Gasteiger partial charge in [-0.2, -0.15) is 0 Å². The SMILES string of the molecule is CCCC1N(Cc2ccc(-c3ccccc3-c3nnn[nH]3)cc2)C(C(=O)O)=C(CC)N1C(C#CC(N)=O)(c1ccccc1)c1ccccc1. The van der Waals surface area contributed by atoms with Gasteiger partial charge in [0.1, 0.15) is 11.9 Å². The number of amides is 1. The minimum atomic E-state index is -1.22. The lowest BCUT2D eigenvalue weighted by Gasteiger charge is -2.46. The van der Waals surface area contributed by atoms with Gasteiger partial charge in [0.15, 0.2) is 11.4 Å². The van der Waals surface area contributed by atoms with Crippen molar-refractivity contribution in [3.8, 4) is 34.4 Å². The summed E-state index contributed by atoms with van der Waals surface area (Å²) >= 11 is 0. The molecule has 6 rings (SSSR count). The molecule has 0 radical (unpaired) electrons. The monoisotopic (exact) mass is 651 g/mol. The Hall–Kier alpha value is -6.21. The van der Waals surface area contributed by atoms with Gasteiger partial charge < -0.3 is 20.6 Å². The van der Waals surface area contributed by atoms with E-state index < -0.39 is 23.6 Å². The van der Waals surface area contributed by atoms with E-state index >= 15 is 0 Å². The average molecular weight is 652 g/mol. The molecule has 0 bridgehead atoms. The zero-order chi connectivity index (χ0) is 34.4. The van der Waals surface area contributed by atoms with Crippen LogP contribution in [0.15, 0.2) is 121 Å². The first-order chi connectivity index (χ1) is 23.9. The molecule has 1 aliphatic heterocycles. The standard InChI is InChI=1S/C39H37N7O3/c1-3-13-35-45(26-27-20-22-28(23-21-27)31-18-11-12-19-32(31)37-41-43-44-42-37)36(38(48)49)33(4-2)46(35)39(25-24-34(40)47,29-14-7-5-8-15-29)30-16-9-6-10-17-30/h5-12,14-23,35H,3-4,13,26H2,1-2H3,(H2,40,47)(H,48,49)(H,41,42,43,44). The fourth-order valence-electron chi connectivity index (χ4n) is 6.85. The Bertz CT molecular complexity index is 1980. The number of nitrogens with two attached hydrogens (primary N) is 1. The van der Waals surface area contributed by atoms with Crippen molar-refractivity contribution in [3.05, 3.63) is 137 Å². The number of tetrazole rings is 1. The van der Waals surface area contributed by atoms with Gasteiger partial charge in [-0.05, 0) is 57.0 Å². The number of carbonyl (C=O) groups excluding carboxylic acids is 1. The number of carbonyl (C=O) groups is 2. The van der Waals surface area contributed by atoms with Crippen molar-refractivity contribution in [2.24, 2.45) is 5.73 Å². The van der Waals surface area contributed by atoms with Crippen molar-refractivity contribution in [1.82, 2.24) is 30.4 Å². The van der Waals surface area contributed by atoms with Gasteiger partial charge in [0.25, 0.3) is 5.91 Å². The summed E-state index contributed by atoms with van der Waals surface area (Å²) in [5, 5.41) is 25.2. The maximum Gasteiger partial charge on any atom is 0.354 e. The van der Waals surface area contributed by atoms with Crippen LogP contribution in [0.5, 0.6) is 0 Å². The summed E-state index contributed by atoms with van der Waals surface area (Å²) in [5.74, 6) is 4.72. The van der Waals surface area contributed by atoms with E-state index in [1.54, 1.807) is 0 Å². The van der Waals surface area contributed by atoms with Crippen LogP contribution >= 0.6 is 0 Å². The Labute approximate surface area is 285 Å². The second-order valence-corrected chi connectivity index (χ2v) is 11.8. The van der Waals surface area contributed by atoms with Gasteiger partial charge in [-0.15, -0.1) is 5.10 Å². The maximum atomic E-state index is 13.3. The Morgan fingerprint density at radius 3 is 2.02 bits per heavy atom. The molecule has 0 fully saturated rings. The Morgan fingerprint density at radius 1 is 0.878 bits per heavy atom. The number of nitrogens with one attached hydrogen (secondary N) is 1. The second-order valence-electron chi connectivity index (χ2n) is 11.8. The van der Waals surface area contributed by atoms with Gasteiger partial charge in [-0.25, -0.2) is 9.89 Å². The highest BCUT2D eigenvalue weighted by Gasteiger charge is 2.51. The predicted octanol–water partition coefficient (Wildman–Crippen LogP) is 5.92. The fraction of sp³-hybridized carbons (Fsp3) is 0.205. The van der Waals surface area contributed by atoms with E-state index in [4.69, 9.17) is 5.73 Å². The number of primary amides is 1. The zero-order valence-corrected chi connectivity index (χ0v) is 27.4. The molecule has 4 N–H and O–H groups in total. The van der Waals surface area contributed by atoms with Crippen LogP contribution in [0.25, 0.3) is 22.5 Å². The first kappa shape index (κ1) is 32.7. The van der Waals surface area contributed by atoms with E-state index in [0.717, 1.165) is 39.8 Å². The number of carboxylic acids is 1. The molecule has 246 valence electrons. The number of benzene rings is 4. The van der Waals surface area contributed by atoms with Gasteiger partial charge in [-0.1, -0.05) is 135 Å². The van der Waals surface area contributed by atoms with Crippen LogP contribution in [-0.4, -0.2) is 53.6 Å². The molecule has 1 aliphatic rings. The van der Waals surface area contributed by atoms with E-state index in [-0.39, 0.29) is 5.70 Å². The van der Waals surface area contributed by atoms with Crippen LogP contribution in [0.4, 0.5) is 0 Å². The molecule has 0 spiro atoms. The molecule has 1 aromatic heterocycles. The molecule has 0 aliphatic carbocycles.